The van der Waals surface area contributed by atoms with E-state index >= 15 is 0 Å². The zero-order chi connectivity index (χ0) is 11.9. The van der Waals surface area contributed by atoms with Crippen LogP contribution in [0.1, 0.15) is 39.0 Å². The lowest BCUT2D eigenvalue weighted by molar-refractivity contribution is 0.0985. The summed E-state index contributed by atoms with van der Waals surface area (Å²) in [6.45, 7) is 11.0. The van der Waals surface area contributed by atoms with Crippen molar-refractivity contribution in [2.45, 2.75) is 45.1 Å². The Morgan fingerprint density at radius 3 is 2.35 bits per heavy atom. The van der Waals surface area contributed by atoms with Crippen LogP contribution in [0.5, 0.6) is 0 Å². The Labute approximate surface area is 107 Å². The largest absolute Gasteiger partial charge is 0.315 e. The van der Waals surface area contributed by atoms with E-state index in [2.05, 4.69) is 22.0 Å². The van der Waals surface area contributed by atoms with Gasteiger partial charge in [0.25, 0.3) is 0 Å². The molecule has 1 aliphatic heterocycles. The van der Waals surface area contributed by atoms with Gasteiger partial charge in [-0.25, -0.2) is 0 Å². The van der Waals surface area contributed by atoms with Crippen LogP contribution in [0.3, 0.4) is 0 Å². The first kappa shape index (κ1) is 13.3. The van der Waals surface area contributed by atoms with Crippen molar-refractivity contribution in [3.8, 4) is 0 Å². The van der Waals surface area contributed by atoms with Crippen LogP contribution >= 0.6 is 0 Å². The highest BCUT2D eigenvalue weighted by atomic mass is 15.3. The molecule has 1 N–H and O–H groups in total. The first-order chi connectivity index (χ1) is 8.40. The lowest BCUT2D eigenvalue weighted by Gasteiger charge is -2.38. The van der Waals surface area contributed by atoms with E-state index in [0.717, 1.165) is 12.6 Å². The molecule has 2 aliphatic rings. The highest BCUT2D eigenvalue weighted by Gasteiger charge is 2.25. The highest BCUT2D eigenvalue weighted by molar-refractivity contribution is 4.82. The van der Waals surface area contributed by atoms with Crippen molar-refractivity contribution in [2.75, 3.05) is 45.8 Å². The quantitative estimate of drug-likeness (QED) is 0.710. The van der Waals surface area contributed by atoms with E-state index in [-0.39, 0.29) is 0 Å². The third-order valence-corrected chi connectivity index (χ3v) is 4.28. The molecule has 1 heterocycles. The predicted molar refractivity (Wildman–Crippen MR) is 73.4 cm³/mol. The summed E-state index contributed by atoms with van der Waals surface area (Å²) in [4.78, 5) is 5.36. The van der Waals surface area contributed by atoms with Gasteiger partial charge in [-0.15, -0.1) is 0 Å². The Balaban J connectivity index is 1.57. The second-order valence-electron chi connectivity index (χ2n) is 5.57. The van der Waals surface area contributed by atoms with Crippen LogP contribution in [0, 0.1) is 0 Å². The van der Waals surface area contributed by atoms with Gasteiger partial charge >= 0.3 is 0 Å². The Morgan fingerprint density at radius 1 is 1.00 bits per heavy atom. The third kappa shape index (κ3) is 4.23. The monoisotopic (exact) mass is 239 g/mol. The number of nitrogens with one attached hydrogen (secondary N) is 1. The average molecular weight is 239 g/mol. The van der Waals surface area contributed by atoms with Crippen LogP contribution in [-0.4, -0.2) is 61.7 Å². The number of hydrogen-bond acceptors (Lipinski definition) is 3. The van der Waals surface area contributed by atoms with Gasteiger partial charge in [-0.1, -0.05) is 19.8 Å². The second-order valence-corrected chi connectivity index (χ2v) is 5.57. The summed E-state index contributed by atoms with van der Waals surface area (Å²) in [6.07, 6.45) is 7.09. The first-order valence-corrected chi connectivity index (χ1v) is 7.57. The number of piperazine rings is 1. The van der Waals surface area contributed by atoms with Crippen LogP contribution in [0.25, 0.3) is 0 Å². The van der Waals surface area contributed by atoms with E-state index in [1.54, 1.807) is 0 Å². The van der Waals surface area contributed by atoms with E-state index < -0.39 is 0 Å². The molecule has 0 amide bonds. The maximum atomic E-state index is 3.49. The van der Waals surface area contributed by atoms with Gasteiger partial charge in [0.15, 0.2) is 0 Å². The summed E-state index contributed by atoms with van der Waals surface area (Å²) in [6, 6.07) is 0.926. The molecule has 3 nitrogen and oxygen atoms in total. The maximum Gasteiger partial charge on any atom is 0.0113 e. The van der Waals surface area contributed by atoms with E-state index in [0.29, 0.717) is 0 Å². The Hall–Kier alpha value is -0.120. The molecule has 0 radical (unpaired) electrons. The molecule has 17 heavy (non-hydrogen) atoms. The molecule has 1 aliphatic carbocycles. The Morgan fingerprint density at radius 2 is 1.71 bits per heavy atom. The second kappa shape index (κ2) is 7.34. The van der Waals surface area contributed by atoms with Crippen molar-refractivity contribution >= 4 is 0 Å². The van der Waals surface area contributed by atoms with Crippen LogP contribution in [0.2, 0.25) is 0 Å². The molecule has 1 saturated carbocycles. The van der Waals surface area contributed by atoms with Crippen LogP contribution in [0.15, 0.2) is 0 Å². The lowest BCUT2D eigenvalue weighted by atomic mass is 10.2. The van der Waals surface area contributed by atoms with E-state index in [9.17, 15) is 0 Å². The minimum atomic E-state index is 0.926. The van der Waals surface area contributed by atoms with Gasteiger partial charge in [0.1, 0.15) is 0 Å². The summed E-state index contributed by atoms with van der Waals surface area (Å²) in [5.41, 5.74) is 0. The minimum Gasteiger partial charge on any atom is -0.315 e. The van der Waals surface area contributed by atoms with Crippen molar-refractivity contribution in [3.05, 3.63) is 0 Å². The summed E-state index contributed by atoms with van der Waals surface area (Å²) >= 11 is 0. The van der Waals surface area contributed by atoms with Crippen molar-refractivity contribution in [1.82, 2.24) is 15.1 Å². The summed E-state index contributed by atoms with van der Waals surface area (Å²) < 4.78 is 0. The van der Waals surface area contributed by atoms with Gasteiger partial charge in [0, 0.05) is 45.3 Å². The molecule has 0 unspecified atom stereocenters. The zero-order valence-corrected chi connectivity index (χ0v) is 11.5. The van der Waals surface area contributed by atoms with Gasteiger partial charge in [0.2, 0.25) is 0 Å². The molecule has 0 spiro atoms. The predicted octanol–water partition coefficient (Wildman–Crippen LogP) is 1.55. The standard InChI is InChI=1S/C14H29N3/c1-2-7-15-8-9-16-10-12-17(13-11-16)14-5-3-4-6-14/h14-15H,2-13H2,1H3. The molecule has 0 bridgehead atoms. The van der Waals surface area contributed by atoms with E-state index in [1.165, 1.54) is 71.4 Å². The summed E-state index contributed by atoms with van der Waals surface area (Å²) in [7, 11) is 0. The first-order valence-electron chi connectivity index (χ1n) is 7.57. The fourth-order valence-electron chi connectivity index (χ4n) is 3.16. The van der Waals surface area contributed by atoms with Crippen LogP contribution < -0.4 is 5.32 Å². The van der Waals surface area contributed by atoms with Gasteiger partial charge in [-0.2, -0.15) is 0 Å². The minimum absolute atomic E-state index is 0.926. The smallest absolute Gasteiger partial charge is 0.0113 e. The molecule has 1 saturated heterocycles. The highest BCUT2D eigenvalue weighted by Crippen LogP contribution is 2.24. The molecule has 2 fully saturated rings. The maximum absolute atomic E-state index is 3.49. The van der Waals surface area contributed by atoms with Gasteiger partial charge in [0.05, 0.1) is 0 Å². The van der Waals surface area contributed by atoms with Crippen molar-refractivity contribution < 1.29 is 0 Å². The molecule has 2 rings (SSSR count). The molecule has 0 atom stereocenters. The third-order valence-electron chi connectivity index (χ3n) is 4.28. The molecule has 0 aromatic rings. The van der Waals surface area contributed by atoms with Gasteiger partial charge in [-0.3, -0.25) is 9.80 Å². The Kier molecular flexibility index (Phi) is 5.75. The topological polar surface area (TPSA) is 18.5 Å². The lowest BCUT2D eigenvalue weighted by Crippen LogP contribution is -2.50. The molecular formula is C14H29N3. The van der Waals surface area contributed by atoms with Gasteiger partial charge in [-0.05, 0) is 25.8 Å². The van der Waals surface area contributed by atoms with Crippen molar-refractivity contribution in [3.63, 3.8) is 0 Å². The van der Waals surface area contributed by atoms with Crippen LogP contribution in [0.4, 0.5) is 0 Å². The Bertz CT molecular complexity index is 194. The van der Waals surface area contributed by atoms with E-state index in [1.807, 2.05) is 0 Å². The van der Waals surface area contributed by atoms with Gasteiger partial charge < -0.3 is 5.32 Å². The fraction of sp³-hybridized carbons (Fsp3) is 1.00. The summed E-state index contributed by atoms with van der Waals surface area (Å²) in [5, 5.41) is 3.49. The molecular weight excluding hydrogens is 210 g/mol. The molecule has 100 valence electrons. The number of hydrogen-bond donors (Lipinski definition) is 1. The molecule has 0 aromatic heterocycles. The molecule has 3 heteroatoms. The normalized spacial score (nSPS) is 24.5. The fourth-order valence-corrected chi connectivity index (χ4v) is 3.16. The summed E-state index contributed by atoms with van der Waals surface area (Å²) in [5.74, 6) is 0. The SMILES string of the molecule is CCCNCCN1CCN(C2CCCC2)CC1. The number of rotatable bonds is 6. The van der Waals surface area contributed by atoms with Crippen LogP contribution in [-0.2, 0) is 0 Å². The molecule has 0 aromatic carbocycles. The van der Waals surface area contributed by atoms with Crippen molar-refractivity contribution in [2.24, 2.45) is 0 Å². The zero-order valence-electron chi connectivity index (χ0n) is 11.5. The van der Waals surface area contributed by atoms with Crippen molar-refractivity contribution in [1.29, 1.82) is 0 Å². The average Bonchev–Trinajstić information content (AvgIpc) is 2.89. The van der Waals surface area contributed by atoms with E-state index in [4.69, 9.17) is 0 Å². The number of nitrogens with zero attached hydrogens (tertiary/aromatic N) is 2.